The molecule has 0 bridgehead atoms. The maximum Gasteiger partial charge on any atom is 0.106 e. The maximum atomic E-state index is 4.84. The predicted molar refractivity (Wildman–Crippen MR) is 81.6 cm³/mol. The first-order chi connectivity index (χ1) is 9.20. The highest BCUT2D eigenvalue weighted by atomic mass is 14.9. The monoisotopic (exact) mass is 262 g/mol. The van der Waals surface area contributed by atoms with Crippen molar-refractivity contribution < 1.29 is 0 Å². The molecule has 1 heterocycles. The van der Waals surface area contributed by atoms with Crippen LogP contribution >= 0.6 is 0 Å². The van der Waals surface area contributed by atoms with E-state index in [2.05, 4.69) is 25.8 Å². The topological polar surface area (TPSA) is 28.7 Å². The summed E-state index contributed by atoms with van der Waals surface area (Å²) in [4.78, 5) is 8.43. The van der Waals surface area contributed by atoms with Gasteiger partial charge in [0.2, 0.25) is 0 Å². The minimum atomic E-state index is 0.647. The molecule has 1 aromatic rings. The van der Waals surface area contributed by atoms with Gasteiger partial charge in [0.1, 0.15) is 5.82 Å². The normalized spacial score (nSPS) is 22.5. The van der Waals surface area contributed by atoms with Crippen LogP contribution in [-0.4, -0.2) is 9.97 Å². The Morgan fingerprint density at radius 2 is 1.84 bits per heavy atom. The molecule has 0 spiro atoms. The second kappa shape index (κ2) is 7.12. The number of fused-ring (bicyclic) bond motifs is 1. The molecule has 0 saturated carbocycles. The zero-order chi connectivity index (χ0) is 13.7. The van der Waals surface area contributed by atoms with Crippen LogP contribution in [0.15, 0.2) is 0 Å². The number of imidazole rings is 1. The van der Waals surface area contributed by atoms with Crippen LogP contribution in [0.2, 0.25) is 0 Å². The van der Waals surface area contributed by atoms with Gasteiger partial charge >= 0.3 is 0 Å². The molecule has 2 heteroatoms. The Bertz CT molecular complexity index is 381. The fraction of sp³-hybridized carbons (Fsp3) is 0.824. The van der Waals surface area contributed by atoms with Crippen LogP contribution in [0.5, 0.6) is 0 Å². The Morgan fingerprint density at radius 1 is 1.11 bits per heavy atom. The zero-order valence-electron chi connectivity index (χ0n) is 13.0. The first-order valence-corrected chi connectivity index (χ1v) is 8.28. The van der Waals surface area contributed by atoms with E-state index in [1.807, 2.05) is 0 Å². The van der Waals surface area contributed by atoms with E-state index >= 15 is 0 Å². The minimum Gasteiger partial charge on any atom is -0.346 e. The molecule has 1 N–H and O–H groups in total. The quantitative estimate of drug-likeness (QED) is 0.688. The first kappa shape index (κ1) is 14.6. The molecule has 1 aromatic heterocycles. The van der Waals surface area contributed by atoms with Gasteiger partial charge in [-0.05, 0) is 25.2 Å². The Labute approximate surface area is 118 Å². The van der Waals surface area contributed by atoms with Gasteiger partial charge in [0.15, 0.2) is 0 Å². The summed E-state index contributed by atoms with van der Waals surface area (Å²) in [5.41, 5.74) is 2.78. The van der Waals surface area contributed by atoms with E-state index < -0.39 is 0 Å². The summed E-state index contributed by atoms with van der Waals surface area (Å²) in [5.74, 6) is 2.69. The zero-order valence-corrected chi connectivity index (χ0v) is 13.0. The van der Waals surface area contributed by atoms with E-state index in [0.717, 1.165) is 12.3 Å². The van der Waals surface area contributed by atoms with Crippen molar-refractivity contribution >= 4 is 0 Å². The van der Waals surface area contributed by atoms with Crippen LogP contribution in [0.1, 0.15) is 88.8 Å². The molecular weight excluding hydrogens is 232 g/mol. The molecule has 1 aliphatic rings. The fourth-order valence-corrected chi connectivity index (χ4v) is 3.38. The van der Waals surface area contributed by atoms with Gasteiger partial charge in [0.05, 0.1) is 5.69 Å². The van der Waals surface area contributed by atoms with Crippen molar-refractivity contribution in [2.45, 2.75) is 84.5 Å². The van der Waals surface area contributed by atoms with Crippen LogP contribution in [0.3, 0.4) is 0 Å². The molecule has 2 nitrogen and oxygen atoms in total. The van der Waals surface area contributed by atoms with E-state index in [9.17, 15) is 0 Å². The lowest BCUT2D eigenvalue weighted by atomic mass is 9.84. The largest absolute Gasteiger partial charge is 0.346 e. The number of hydrogen-bond acceptors (Lipinski definition) is 1. The SMILES string of the molecule is CCCCCCCCc1nc2c([nH]1)CC(C)CC2C. The van der Waals surface area contributed by atoms with Crippen LogP contribution in [0.4, 0.5) is 0 Å². The van der Waals surface area contributed by atoms with Crippen molar-refractivity contribution in [2.24, 2.45) is 5.92 Å². The summed E-state index contributed by atoms with van der Waals surface area (Å²) in [7, 11) is 0. The van der Waals surface area contributed by atoms with E-state index in [-0.39, 0.29) is 0 Å². The van der Waals surface area contributed by atoms with E-state index in [4.69, 9.17) is 4.98 Å². The third kappa shape index (κ3) is 4.09. The standard InChI is InChI=1S/C17H30N2/c1-4-5-6-7-8-9-10-16-18-15-12-13(2)11-14(3)17(15)19-16/h13-14H,4-12H2,1-3H3,(H,18,19). The number of aromatic amines is 1. The van der Waals surface area contributed by atoms with Gasteiger partial charge in [-0.15, -0.1) is 0 Å². The smallest absolute Gasteiger partial charge is 0.106 e. The van der Waals surface area contributed by atoms with E-state index in [0.29, 0.717) is 5.92 Å². The molecule has 2 unspecified atom stereocenters. The molecule has 108 valence electrons. The van der Waals surface area contributed by atoms with Gasteiger partial charge in [-0.1, -0.05) is 52.9 Å². The third-order valence-corrected chi connectivity index (χ3v) is 4.40. The molecule has 0 amide bonds. The molecule has 0 fully saturated rings. The second-order valence-electron chi connectivity index (χ2n) is 6.51. The number of H-pyrrole nitrogens is 1. The van der Waals surface area contributed by atoms with E-state index in [1.165, 1.54) is 68.6 Å². The Morgan fingerprint density at radius 3 is 2.63 bits per heavy atom. The average molecular weight is 262 g/mol. The highest BCUT2D eigenvalue weighted by Crippen LogP contribution is 2.32. The lowest BCUT2D eigenvalue weighted by Crippen LogP contribution is -2.14. The second-order valence-corrected chi connectivity index (χ2v) is 6.51. The number of nitrogens with one attached hydrogen (secondary N) is 1. The number of aromatic nitrogens is 2. The van der Waals surface area contributed by atoms with Crippen molar-refractivity contribution in [3.05, 3.63) is 17.2 Å². The Hall–Kier alpha value is -0.790. The van der Waals surface area contributed by atoms with Crippen molar-refractivity contribution in [1.82, 2.24) is 9.97 Å². The number of unbranched alkanes of at least 4 members (excludes halogenated alkanes) is 5. The van der Waals surface area contributed by atoms with Crippen molar-refractivity contribution in [2.75, 3.05) is 0 Å². The molecule has 0 aliphatic heterocycles. The van der Waals surface area contributed by atoms with Gasteiger partial charge in [0, 0.05) is 18.0 Å². The molecule has 0 radical (unpaired) electrons. The third-order valence-electron chi connectivity index (χ3n) is 4.40. The summed E-state index contributed by atoms with van der Waals surface area (Å²) >= 11 is 0. The summed E-state index contributed by atoms with van der Waals surface area (Å²) in [6.45, 7) is 6.95. The predicted octanol–water partition coefficient (Wildman–Crippen LogP) is 5.00. The first-order valence-electron chi connectivity index (χ1n) is 8.28. The summed E-state index contributed by atoms with van der Waals surface area (Å²) in [6, 6.07) is 0. The fourth-order valence-electron chi connectivity index (χ4n) is 3.38. The number of aryl methyl sites for hydroxylation is 1. The van der Waals surface area contributed by atoms with Gasteiger partial charge in [-0.25, -0.2) is 4.98 Å². The molecule has 19 heavy (non-hydrogen) atoms. The summed E-state index contributed by atoms with van der Waals surface area (Å²) in [5, 5.41) is 0. The van der Waals surface area contributed by atoms with E-state index in [1.54, 1.807) is 0 Å². The van der Waals surface area contributed by atoms with Crippen molar-refractivity contribution in [1.29, 1.82) is 0 Å². The number of hydrogen-bond donors (Lipinski definition) is 1. The van der Waals surface area contributed by atoms with Gasteiger partial charge in [-0.3, -0.25) is 0 Å². The number of rotatable bonds is 7. The molecular formula is C17H30N2. The maximum absolute atomic E-state index is 4.84. The van der Waals surface area contributed by atoms with Crippen molar-refractivity contribution in [3.63, 3.8) is 0 Å². The minimum absolute atomic E-state index is 0.647. The summed E-state index contributed by atoms with van der Waals surface area (Å²) in [6.07, 6.45) is 11.8. The van der Waals surface area contributed by atoms with Gasteiger partial charge < -0.3 is 4.98 Å². The van der Waals surface area contributed by atoms with Gasteiger partial charge in [0.25, 0.3) is 0 Å². The van der Waals surface area contributed by atoms with Crippen LogP contribution in [0, 0.1) is 5.92 Å². The Kier molecular flexibility index (Phi) is 5.47. The van der Waals surface area contributed by atoms with Crippen LogP contribution in [-0.2, 0) is 12.8 Å². The van der Waals surface area contributed by atoms with Crippen LogP contribution < -0.4 is 0 Å². The average Bonchev–Trinajstić information content (AvgIpc) is 2.76. The lowest BCUT2D eigenvalue weighted by molar-refractivity contribution is 0.440. The molecule has 1 aliphatic carbocycles. The lowest BCUT2D eigenvalue weighted by Gasteiger charge is -2.22. The highest BCUT2D eigenvalue weighted by molar-refractivity contribution is 5.22. The Balaban J connectivity index is 1.78. The number of nitrogens with zero attached hydrogens (tertiary/aromatic N) is 1. The molecule has 2 rings (SSSR count). The highest BCUT2D eigenvalue weighted by Gasteiger charge is 2.24. The molecule has 2 atom stereocenters. The van der Waals surface area contributed by atoms with Crippen molar-refractivity contribution in [3.8, 4) is 0 Å². The van der Waals surface area contributed by atoms with Gasteiger partial charge in [-0.2, -0.15) is 0 Å². The molecule has 0 saturated heterocycles. The molecule has 0 aromatic carbocycles. The summed E-state index contributed by atoms with van der Waals surface area (Å²) < 4.78 is 0. The van der Waals surface area contributed by atoms with Crippen LogP contribution in [0.25, 0.3) is 0 Å².